The Kier molecular flexibility index (Phi) is 5.80. The van der Waals surface area contributed by atoms with Gasteiger partial charge in [-0.3, -0.25) is 4.79 Å². The summed E-state index contributed by atoms with van der Waals surface area (Å²) >= 11 is 0. The first-order chi connectivity index (χ1) is 15.2. The molecule has 0 amide bonds. The molecule has 2 fully saturated rings. The Morgan fingerprint density at radius 3 is 2.90 bits per heavy atom. The van der Waals surface area contributed by atoms with E-state index in [1.165, 1.54) is 10.5 Å². The largest absolute Gasteiger partial charge is 0.376 e. The number of pyridine rings is 1. The molecule has 9 heteroatoms. The number of morpholine rings is 1. The van der Waals surface area contributed by atoms with E-state index in [2.05, 4.69) is 39.6 Å². The number of rotatable bonds is 6. The van der Waals surface area contributed by atoms with E-state index in [1.807, 2.05) is 16.8 Å². The SMILES string of the molecule is CCc1ccc2[nH]c(=O)c([C@H](c3nnnn3C[C@@H]3CCCO3)[NH+]3CCOCC3)cc2c1. The van der Waals surface area contributed by atoms with Crippen molar-refractivity contribution in [3.63, 3.8) is 0 Å². The van der Waals surface area contributed by atoms with Crippen molar-refractivity contribution in [2.24, 2.45) is 0 Å². The molecule has 0 unspecified atom stereocenters. The van der Waals surface area contributed by atoms with Gasteiger partial charge in [0.15, 0.2) is 6.04 Å². The summed E-state index contributed by atoms with van der Waals surface area (Å²) in [7, 11) is 0. The maximum atomic E-state index is 13.2. The molecule has 1 aromatic carbocycles. The van der Waals surface area contributed by atoms with Crippen molar-refractivity contribution >= 4 is 10.9 Å². The van der Waals surface area contributed by atoms with E-state index in [0.717, 1.165) is 49.9 Å². The summed E-state index contributed by atoms with van der Waals surface area (Å²) < 4.78 is 13.2. The minimum Gasteiger partial charge on any atom is -0.376 e. The summed E-state index contributed by atoms with van der Waals surface area (Å²) in [4.78, 5) is 17.5. The van der Waals surface area contributed by atoms with Gasteiger partial charge in [0.25, 0.3) is 5.56 Å². The third kappa shape index (κ3) is 4.13. The van der Waals surface area contributed by atoms with Crippen molar-refractivity contribution in [2.75, 3.05) is 32.9 Å². The van der Waals surface area contributed by atoms with Gasteiger partial charge in [-0.25, -0.2) is 4.68 Å². The van der Waals surface area contributed by atoms with Gasteiger partial charge in [0.2, 0.25) is 5.82 Å². The van der Waals surface area contributed by atoms with E-state index in [9.17, 15) is 4.79 Å². The van der Waals surface area contributed by atoms with Crippen LogP contribution in [0.15, 0.2) is 29.1 Å². The summed E-state index contributed by atoms with van der Waals surface area (Å²) in [6.07, 6.45) is 3.13. The number of quaternary nitrogens is 1. The predicted molar refractivity (Wildman–Crippen MR) is 114 cm³/mol. The Bertz CT molecular complexity index is 1100. The minimum atomic E-state index is -0.265. The number of hydrogen-bond donors (Lipinski definition) is 2. The van der Waals surface area contributed by atoms with Crippen LogP contribution in [-0.2, 0) is 22.4 Å². The molecule has 0 spiro atoms. The topological polar surface area (TPSA) is 99.4 Å². The smallest absolute Gasteiger partial charge is 0.258 e. The number of aromatic nitrogens is 5. The van der Waals surface area contributed by atoms with Gasteiger partial charge in [-0.2, -0.15) is 0 Å². The maximum absolute atomic E-state index is 13.2. The van der Waals surface area contributed by atoms with Gasteiger partial charge in [-0.1, -0.05) is 13.0 Å². The Balaban J connectivity index is 1.59. The zero-order chi connectivity index (χ0) is 21.2. The average molecular weight is 426 g/mol. The molecular weight excluding hydrogens is 396 g/mol. The fourth-order valence-electron chi connectivity index (χ4n) is 4.70. The molecular formula is C22H29N6O3+. The van der Waals surface area contributed by atoms with Gasteiger partial charge < -0.3 is 19.4 Å². The van der Waals surface area contributed by atoms with Crippen LogP contribution >= 0.6 is 0 Å². The number of ether oxygens (including phenoxy) is 2. The monoisotopic (exact) mass is 425 g/mol. The molecule has 0 radical (unpaired) electrons. The number of tetrazole rings is 1. The molecule has 0 saturated carbocycles. The molecule has 3 aromatic rings. The third-order valence-corrected chi connectivity index (χ3v) is 6.42. The quantitative estimate of drug-likeness (QED) is 0.588. The van der Waals surface area contributed by atoms with Crippen LogP contribution in [0.1, 0.15) is 42.8 Å². The molecule has 2 atom stereocenters. The highest BCUT2D eigenvalue weighted by Gasteiger charge is 2.35. The van der Waals surface area contributed by atoms with Gasteiger partial charge in [0.05, 0.1) is 31.4 Å². The molecule has 0 aliphatic carbocycles. The van der Waals surface area contributed by atoms with Gasteiger partial charge in [0.1, 0.15) is 13.1 Å². The summed E-state index contributed by atoms with van der Waals surface area (Å²) in [6, 6.07) is 7.95. The normalized spacial score (nSPS) is 21.0. The minimum absolute atomic E-state index is 0.0904. The highest BCUT2D eigenvalue weighted by molar-refractivity contribution is 5.79. The van der Waals surface area contributed by atoms with Crippen molar-refractivity contribution in [3.05, 3.63) is 51.6 Å². The molecule has 2 saturated heterocycles. The van der Waals surface area contributed by atoms with Crippen molar-refractivity contribution in [1.82, 2.24) is 25.2 Å². The van der Waals surface area contributed by atoms with Crippen LogP contribution in [-0.4, -0.2) is 64.2 Å². The van der Waals surface area contributed by atoms with Crippen LogP contribution in [0.5, 0.6) is 0 Å². The molecule has 31 heavy (non-hydrogen) atoms. The third-order valence-electron chi connectivity index (χ3n) is 6.42. The highest BCUT2D eigenvalue weighted by Crippen LogP contribution is 2.21. The zero-order valence-corrected chi connectivity index (χ0v) is 17.8. The van der Waals surface area contributed by atoms with E-state index in [-0.39, 0.29) is 17.7 Å². The van der Waals surface area contributed by atoms with Gasteiger partial charge in [-0.15, -0.1) is 5.10 Å². The number of aryl methyl sites for hydroxylation is 1. The number of fused-ring (bicyclic) bond motifs is 1. The molecule has 2 aliphatic rings. The summed E-state index contributed by atoms with van der Waals surface area (Å²) in [6.45, 7) is 6.43. The first kappa shape index (κ1) is 20.3. The maximum Gasteiger partial charge on any atom is 0.258 e. The fourth-order valence-corrected chi connectivity index (χ4v) is 4.70. The first-order valence-electron chi connectivity index (χ1n) is 11.2. The summed E-state index contributed by atoms with van der Waals surface area (Å²) in [5.41, 5.74) is 2.69. The van der Waals surface area contributed by atoms with E-state index in [0.29, 0.717) is 31.1 Å². The van der Waals surface area contributed by atoms with Gasteiger partial charge in [0, 0.05) is 12.1 Å². The molecule has 4 heterocycles. The van der Waals surface area contributed by atoms with Crippen LogP contribution < -0.4 is 10.5 Å². The molecule has 0 bridgehead atoms. The van der Waals surface area contributed by atoms with Crippen molar-refractivity contribution in [3.8, 4) is 0 Å². The number of nitrogens with one attached hydrogen (secondary N) is 2. The molecule has 5 rings (SSSR count). The average Bonchev–Trinajstić information content (AvgIpc) is 3.48. The Labute approximate surface area is 180 Å². The lowest BCUT2D eigenvalue weighted by atomic mass is 10.0. The lowest BCUT2D eigenvalue weighted by molar-refractivity contribution is -0.933. The van der Waals surface area contributed by atoms with E-state index < -0.39 is 0 Å². The first-order valence-corrected chi connectivity index (χ1v) is 11.2. The molecule has 2 aliphatic heterocycles. The van der Waals surface area contributed by atoms with Crippen molar-refractivity contribution in [1.29, 1.82) is 0 Å². The van der Waals surface area contributed by atoms with E-state index in [1.54, 1.807) is 0 Å². The summed E-state index contributed by atoms with van der Waals surface area (Å²) in [5, 5.41) is 13.7. The van der Waals surface area contributed by atoms with Gasteiger partial charge >= 0.3 is 0 Å². The molecule has 2 N–H and O–H groups in total. The second kappa shape index (κ2) is 8.86. The molecule has 9 nitrogen and oxygen atoms in total. The lowest BCUT2D eigenvalue weighted by Crippen LogP contribution is -3.14. The number of hydrogen-bond acceptors (Lipinski definition) is 6. The van der Waals surface area contributed by atoms with Gasteiger partial charge in [-0.05, 0) is 58.8 Å². The Morgan fingerprint density at radius 1 is 1.26 bits per heavy atom. The number of aromatic amines is 1. The number of benzene rings is 1. The van der Waals surface area contributed by atoms with Crippen LogP contribution in [0, 0.1) is 0 Å². The predicted octanol–water partition coefficient (Wildman–Crippen LogP) is 0.261. The molecule has 2 aromatic heterocycles. The fraction of sp³-hybridized carbons (Fsp3) is 0.545. The lowest BCUT2D eigenvalue weighted by Gasteiger charge is -2.30. The second-order valence-corrected chi connectivity index (χ2v) is 8.39. The van der Waals surface area contributed by atoms with Crippen LogP contribution in [0.3, 0.4) is 0 Å². The zero-order valence-electron chi connectivity index (χ0n) is 17.8. The summed E-state index contributed by atoms with van der Waals surface area (Å²) in [5.74, 6) is 0.712. The van der Waals surface area contributed by atoms with Crippen molar-refractivity contribution < 1.29 is 14.4 Å². The van der Waals surface area contributed by atoms with Crippen LogP contribution in [0.4, 0.5) is 0 Å². The number of nitrogens with zero attached hydrogens (tertiary/aromatic N) is 4. The van der Waals surface area contributed by atoms with Crippen LogP contribution in [0.25, 0.3) is 10.9 Å². The van der Waals surface area contributed by atoms with Crippen molar-refractivity contribution in [2.45, 2.75) is 44.9 Å². The molecule has 164 valence electrons. The second-order valence-electron chi connectivity index (χ2n) is 8.39. The highest BCUT2D eigenvalue weighted by atomic mass is 16.5. The Morgan fingerprint density at radius 2 is 2.13 bits per heavy atom. The Hall–Kier alpha value is -2.62. The van der Waals surface area contributed by atoms with E-state index >= 15 is 0 Å². The number of H-pyrrole nitrogens is 1. The van der Waals surface area contributed by atoms with Crippen LogP contribution in [0.2, 0.25) is 0 Å². The standard InChI is InChI=1S/C22H28N6O3/c1-2-15-5-6-19-16(12-15)13-18(22(29)23-19)20(27-7-10-30-11-8-27)21-24-25-26-28(21)14-17-4-3-9-31-17/h5-6,12-13,17,20H,2-4,7-11,14H2,1H3,(H,23,29)/p+1/t17-,20+/m0/s1. The van der Waals surface area contributed by atoms with E-state index in [4.69, 9.17) is 9.47 Å².